The molecule has 0 saturated carbocycles. The Kier molecular flexibility index (Phi) is 3.38. The fourth-order valence-electron chi connectivity index (χ4n) is 2.06. The van der Waals surface area contributed by atoms with Crippen LogP contribution in [0.5, 0.6) is 0 Å². The van der Waals surface area contributed by atoms with Crippen LogP contribution in [0.15, 0.2) is 30.0 Å². The van der Waals surface area contributed by atoms with E-state index in [-0.39, 0.29) is 5.78 Å². The van der Waals surface area contributed by atoms with E-state index in [4.69, 9.17) is 17.3 Å². The van der Waals surface area contributed by atoms with Crippen molar-refractivity contribution >= 4 is 28.8 Å². The Balaban J connectivity index is 2.18. The molecule has 1 aliphatic carbocycles. The molecule has 17 heavy (non-hydrogen) atoms. The summed E-state index contributed by atoms with van der Waals surface area (Å²) in [5.41, 5.74) is 8.06. The molecule has 0 spiro atoms. The van der Waals surface area contributed by atoms with Crippen LogP contribution in [0.4, 0.5) is 11.4 Å². The summed E-state index contributed by atoms with van der Waals surface area (Å²) in [5.74, 6) is 0.549. The molecule has 0 unspecified atom stereocenters. The SMILES string of the molecule is C[C@H]1CC(=O)C=C(Nc2cc(N)cc(Cl)c2)C1. The lowest BCUT2D eigenvalue weighted by Crippen LogP contribution is -2.15. The Bertz CT molecular complexity index is 462. The van der Waals surface area contributed by atoms with E-state index >= 15 is 0 Å². The van der Waals surface area contributed by atoms with Crippen LogP contribution in [0.1, 0.15) is 19.8 Å². The monoisotopic (exact) mass is 250 g/mol. The molecule has 1 aromatic carbocycles. The van der Waals surface area contributed by atoms with Gasteiger partial charge in [-0.05, 0) is 30.5 Å². The number of nitrogens with two attached hydrogens (primary N) is 1. The molecule has 3 N–H and O–H groups in total. The normalized spacial score (nSPS) is 20.0. The van der Waals surface area contributed by atoms with E-state index in [1.807, 2.05) is 0 Å². The third kappa shape index (κ3) is 3.24. The number of nitrogen functional groups attached to an aromatic ring is 1. The molecule has 0 fully saturated rings. The highest BCUT2D eigenvalue weighted by molar-refractivity contribution is 6.31. The molecular weight excluding hydrogens is 236 g/mol. The molecule has 0 saturated heterocycles. The molecule has 2 rings (SSSR count). The highest BCUT2D eigenvalue weighted by Crippen LogP contribution is 2.26. The van der Waals surface area contributed by atoms with Crippen LogP contribution >= 0.6 is 11.6 Å². The maximum Gasteiger partial charge on any atom is 0.157 e. The van der Waals surface area contributed by atoms with Crippen LogP contribution in [-0.2, 0) is 4.79 Å². The van der Waals surface area contributed by atoms with Crippen molar-refractivity contribution in [1.82, 2.24) is 0 Å². The van der Waals surface area contributed by atoms with E-state index in [1.54, 1.807) is 24.3 Å². The van der Waals surface area contributed by atoms with Crippen molar-refractivity contribution in [2.75, 3.05) is 11.1 Å². The molecule has 3 nitrogen and oxygen atoms in total. The second-order valence-electron chi connectivity index (χ2n) is 4.55. The Labute approximate surface area is 106 Å². The van der Waals surface area contributed by atoms with Gasteiger partial charge in [-0.15, -0.1) is 0 Å². The Morgan fingerprint density at radius 1 is 1.35 bits per heavy atom. The lowest BCUT2D eigenvalue weighted by atomic mass is 9.93. The number of benzene rings is 1. The van der Waals surface area contributed by atoms with E-state index in [9.17, 15) is 4.79 Å². The summed E-state index contributed by atoms with van der Waals surface area (Å²) in [6.45, 7) is 2.07. The van der Waals surface area contributed by atoms with Gasteiger partial charge in [-0.1, -0.05) is 18.5 Å². The van der Waals surface area contributed by atoms with Crippen LogP contribution in [-0.4, -0.2) is 5.78 Å². The number of hydrogen-bond acceptors (Lipinski definition) is 3. The van der Waals surface area contributed by atoms with Gasteiger partial charge in [0.05, 0.1) is 0 Å². The minimum atomic E-state index is 0.168. The van der Waals surface area contributed by atoms with Crippen LogP contribution in [0.2, 0.25) is 5.02 Å². The predicted molar refractivity (Wildman–Crippen MR) is 71.0 cm³/mol. The average Bonchev–Trinajstić information content (AvgIpc) is 2.13. The first-order valence-corrected chi connectivity index (χ1v) is 5.97. The average molecular weight is 251 g/mol. The quantitative estimate of drug-likeness (QED) is 0.793. The Morgan fingerprint density at radius 3 is 2.76 bits per heavy atom. The van der Waals surface area contributed by atoms with Crippen molar-refractivity contribution in [1.29, 1.82) is 0 Å². The number of rotatable bonds is 2. The van der Waals surface area contributed by atoms with Gasteiger partial charge in [-0.2, -0.15) is 0 Å². The van der Waals surface area contributed by atoms with Gasteiger partial charge in [0.15, 0.2) is 5.78 Å². The van der Waals surface area contributed by atoms with Gasteiger partial charge in [-0.3, -0.25) is 4.79 Å². The van der Waals surface area contributed by atoms with Crippen molar-refractivity contribution in [2.45, 2.75) is 19.8 Å². The first-order valence-electron chi connectivity index (χ1n) is 5.59. The summed E-state index contributed by atoms with van der Waals surface area (Å²) in [6.07, 6.45) is 3.16. The van der Waals surface area contributed by atoms with E-state index in [0.29, 0.717) is 23.0 Å². The predicted octanol–water partition coefficient (Wildman–Crippen LogP) is 3.22. The van der Waals surface area contributed by atoms with Crippen molar-refractivity contribution in [3.05, 3.63) is 35.0 Å². The number of allylic oxidation sites excluding steroid dienone is 2. The van der Waals surface area contributed by atoms with Gasteiger partial charge in [0.1, 0.15) is 0 Å². The minimum Gasteiger partial charge on any atom is -0.399 e. The maximum absolute atomic E-state index is 11.4. The van der Waals surface area contributed by atoms with Gasteiger partial charge in [0, 0.05) is 34.6 Å². The lowest BCUT2D eigenvalue weighted by molar-refractivity contribution is -0.115. The minimum absolute atomic E-state index is 0.168. The van der Waals surface area contributed by atoms with Gasteiger partial charge in [-0.25, -0.2) is 0 Å². The maximum atomic E-state index is 11.4. The van der Waals surface area contributed by atoms with Gasteiger partial charge in [0.25, 0.3) is 0 Å². The van der Waals surface area contributed by atoms with Crippen LogP contribution in [0, 0.1) is 5.92 Å². The van der Waals surface area contributed by atoms with E-state index in [0.717, 1.165) is 17.8 Å². The second-order valence-corrected chi connectivity index (χ2v) is 4.98. The molecule has 1 aliphatic rings. The highest BCUT2D eigenvalue weighted by atomic mass is 35.5. The molecule has 0 amide bonds. The summed E-state index contributed by atoms with van der Waals surface area (Å²) in [4.78, 5) is 11.4. The molecule has 4 heteroatoms. The number of carbonyl (C=O) groups excluding carboxylic acids is 1. The molecule has 1 atom stereocenters. The lowest BCUT2D eigenvalue weighted by Gasteiger charge is -2.19. The van der Waals surface area contributed by atoms with Crippen molar-refractivity contribution in [3.63, 3.8) is 0 Å². The Hall–Kier alpha value is -1.48. The summed E-state index contributed by atoms with van der Waals surface area (Å²) in [7, 11) is 0. The number of ketones is 1. The highest BCUT2D eigenvalue weighted by Gasteiger charge is 2.16. The van der Waals surface area contributed by atoms with Gasteiger partial charge < -0.3 is 11.1 Å². The molecule has 1 aromatic rings. The molecule has 0 aromatic heterocycles. The van der Waals surface area contributed by atoms with E-state index < -0.39 is 0 Å². The third-order valence-electron chi connectivity index (χ3n) is 2.68. The number of hydrogen-bond donors (Lipinski definition) is 2. The van der Waals surface area contributed by atoms with Crippen molar-refractivity contribution < 1.29 is 4.79 Å². The zero-order valence-corrected chi connectivity index (χ0v) is 10.4. The molecule has 0 aliphatic heterocycles. The van der Waals surface area contributed by atoms with Crippen molar-refractivity contribution in [3.8, 4) is 0 Å². The third-order valence-corrected chi connectivity index (χ3v) is 2.90. The molecule has 90 valence electrons. The fraction of sp³-hybridized carbons (Fsp3) is 0.308. The topological polar surface area (TPSA) is 55.1 Å². The fourth-order valence-corrected chi connectivity index (χ4v) is 2.30. The van der Waals surface area contributed by atoms with Crippen LogP contribution in [0.25, 0.3) is 0 Å². The zero-order valence-electron chi connectivity index (χ0n) is 9.66. The largest absolute Gasteiger partial charge is 0.399 e. The standard InChI is InChI=1S/C13H15ClN2O/c1-8-2-11(7-13(17)3-8)16-12-5-9(14)4-10(15)6-12/h4-8,16H,2-3,15H2,1H3/t8-/m1/s1. The first-order chi connectivity index (χ1) is 8.02. The van der Waals surface area contributed by atoms with E-state index in [1.165, 1.54) is 0 Å². The first kappa shape index (κ1) is 12.0. The van der Waals surface area contributed by atoms with Gasteiger partial charge in [0.2, 0.25) is 0 Å². The number of nitrogens with one attached hydrogen (secondary N) is 1. The Morgan fingerprint density at radius 2 is 2.12 bits per heavy atom. The van der Waals surface area contributed by atoms with Gasteiger partial charge >= 0.3 is 0 Å². The summed E-state index contributed by atoms with van der Waals surface area (Å²) in [6, 6.07) is 5.29. The molecule has 0 bridgehead atoms. The summed E-state index contributed by atoms with van der Waals surface area (Å²) >= 11 is 5.92. The summed E-state index contributed by atoms with van der Waals surface area (Å²) in [5, 5.41) is 3.79. The molecule has 0 radical (unpaired) electrons. The number of anilines is 2. The number of carbonyl (C=O) groups is 1. The van der Waals surface area contributed by atoms with Crippen molar-refractivity contribution in [2.24, 2.45) is 5.92 Å². The summed E-state index contributed by atoms with van der Waals surface area (Å²) < 4.78 is 0. The van der Waals surface area contributed by atoms with E-state index in [2.05, 4.69) is 12.2 Å². The number of halogens is 1. The zero-order chi connectivity index (χ0) is 12.4. The second kappa shape index (κ2) is 4.80. The molecule has 0 heterocycles. The van der Waals surface area contributed by atoms with Crippen LogP contribution in [0.3, 0.4) is 0 Å². The smallest absolute Gasteiger partial charge is 0.157 e. The molecular formula is C13H15ClN2O. The van der Waals surface area contributed by atoms with Crippen LogP contribution < -0.4 is 11.1 Å².